The van der Waals surface area contributed by atoms with Gasteiger partial charge in [0.25, 0.3) is 0 Å². The van der Waals surface area contributed by atoms with Crippen molar-refractivity contribution < 1.29 is 22.0 Å². The quantitative estimate of drug-likeness (QED) is 0.129. The van der Waals surface area contributed by atoms with Crippen LogP contribution in [0.1, 0.15) is 33.8 Å². The summed E-state index contributed by atoms with van der Waals surface area (Å²) in [5.74, 6) is -2.18. The molecule has 0 spiro atoms. The molecule has 0 aliphatic carbocycles. The van der Waals surface area contributed by atoms with Gasteiger partial charge in [-0.2, -0.15) is 5.26 Å². The molecule has 9 aromatic rings. The number of rotatable bonds is 10. The number of thiazole rings is 3. The smallest absolute Gasteiger partial charge is 0.133 e. The topological polar surface area (TPSA) is 62.5 Å². The highest BCUT2D eigenvalue weighted by molar-refractivity contribution is 7.19. The van der Waals surface area contributed by atoms with E-state index in [0.29, 0.717) is 75.9 Å². The van der Waals surface area contributed by atoms with Crippen LogP contribution in [0.4, 0.5) is 22.0 Å². The summed E-state index contributed by atoms with van der Waals surface area (Å²) in [6, 6.07) is 36.8. The van der Waals surface area contributed by atoms with Crippen molar-refractivity contribution in [2.24, 2.45) is 0 Å². The lowest BCUT2D eigenvalue weighted by Crippen LogP contribution is -1.99. The maximum Gasteiger partial charge on any atom is 0.133 e. The van der Waals surface area contributed by atoms with E-state index in [1.807, 2.05) is 13.0 Å². The second-order valence-corrected chi connectivity index (χ2v) is 17.2. The molecule has 3 aromatic heterocycles. The van der Waals surface area contributed by atoms with Gasteiger partial charge in [-0.25, -0.2) is 36.9 Å². The number of hydrogen-bond donors (Lipinski definition) is 0. The van der Waals surface area contributed by atoms with Gasteiger partial charge in [0.15, 0.2) is 0 Å². The fraction of sp³-hybridized carbons (Fsp3) is 0.0612. The maximum absolute atomic E-state index is 15.4. The molecule has 0 radical (unpaired) electrons. The SMILES string of the molecule is Cc1nc(-c2ccccc2F)sc1-c1ccc(F)cc1Cc1nc(-c2cccc(F)c2)sc1-c1ccc(F)cc1Cc1nc(-c2cccc(C#N)c2)sc1-c1ccc(F)cc1. The molecule has 12 heteroatoms. The van der Waals surface area contributed by atoms with Crippen LogP contribution in [-0.2, 0) is 12.8 Å². The number of aryl methyl sites for hydroxylation is 1. The molecule has 0 atom stereocenters. The summed E-state index contributed by atoms with van der Waals surface area (Å²) in [5.41, 5.74) is 7.13. The first kappa shape index (κ1) is 39.8. The van der Waals surface area contributed by atoms with Crippen molar-refractivity contribution in [1.29, 1.82) is 5.26 Å². The molecule has 298 valence electrons. The molecule has 0 unspecified atom stereocenters. The minimum atomic E-state index is -0.477. The molecule has 0 aliphatic rings. The van der Waals surface area contributed by atoms with E-state index in [1.165, 1.54) is 88.6 Å². The average Bonchev–Trinajstić information content (AvgIpc) is 3.99. The zero-order valence-corrected chi connectivity index (χ0v) is 34.5. The lowest BCUT2D eigenvalue weighted by Gasteiger charge is -2.12. The number of hydrogen-bond acceptors (Lipinski definition) is 7. The Morgan fingerprint density at radius 1 is 0.475 bits per heavy atom. The Kier molecular flexibility index (Phi) is 10.9. The van der Waals surface area contributed by atoms with Crippen LogP contribution in [0.15, 0.2) is 133 Å². The number of benzene rings is 6. The van der Waals surface area contributed by atoms with E-state index in [4.69, 9.17) is 15.0 Å². The Hall–Kier alpha value is -6.65. The van der Waals surface area contributed by atoms with Crippen molar-refractivity contribution >= 4 is 34.0 Å². The highest BCUT2D eigenvalue weighted by atomic mass is 32.1. The van der Waals surface area contributed by atoms with Crippen LogP contribution in [-0.4, -0.2) is 15.0 Å². The van der Waals surface area contributed by atoms with Gasteiger partial charge in [0.2, 0.25) is 0 Å². The Labute approximate surface area is 359 Å². The molecule has 9 rings (SSSR count). The number of halogens is 5. The van der Waals surface area contributed by atoms with E-state index in [9.17, 15) is 18.4 Å². The highest BCUT2D eigenvalue weighted by Crippen LogP contribution is 2.44. The third kappa shape index (κ3) is 8.28. The Morgan fingerprint density at radius 2 is 1.03 bits per heavy atom. The molecule has 0 saturated carbocycles. The van der Waals surface area contributed by atoms with Crippen LogP contribution < -0.4 is 0 Å². The molecule has 0 amide bonds. The van der Waals surface area contributed by atoms with Crippen LogP contribution in [0.2, 0.25) is 0 Å². The van der Waals surface area contributed by atoms with Crippen molar-refractivity contribution in [1.82, 2.24) is 15.0 Å². The van der Waals surface area contributed by atoms with Gasteiger partial charge in [0, 0.05) is 29.5 Å². The normalized spacial score (nSPS) is 11.2. The summed E-state index contributed by atoms with van der Waals surface area (Å²) in [7, 11) is 0. The Bertz CT molecular complexity index is 3140. The van der Waals surface area contributed by atoms with Crippen molar-refractivity contribution in [3.63, 3.8) is 0 Å². The van der Waals surface area contributed by atoms with Gasteiger partial charge < -0.3 is 0 Å². The van der Waals surface area contributed by atoms with E-state index in [2.05, 4.69) is 6.07 Å². The zero-order valence-electron chi connectivity index (χ0n) is 32.0. The van der Waals surface area contributed by atoms with Crippen molar-refractivity contribution in [2.75, 3.05) is 0 Å². The van der Waals surface area contributed by atoms with E-state index in [-0.39, 0.29) is 12.8 Å². The van der Waals surface area contributed by atoms with Gasteiger partial charge in [-0.05, 0) is 108 Å². The molecule has 0 fully saturated rings. The van der Waals surface area contributed by atoms with Gasteiger partial charge in [0.05, 0.1) is 43.3 Å². The van der Waals surface area contributed by atoms with E-state index in [0.717, 1.165) is 20.9 Å². The molecule has 0 saturated heterocycles. The summed E-state index contributed by atoms with van der Waals surface area (Å²) in [5, 5.41) is 11.2. The second kappa shape index (κ2) is 16.8. The average molecular weight is 865 g/mol. The van der Waals surface area contributed by atoms with Crippen molar-refractivity contribution in [3.8, 4) is 69.1 Å². The first-order chi connectivity index (χ1) is 29.6. The molecular weight excluding hydrogens is 836 g/mol. The Balaban J connectivity index is 1.18. The van der Waals surface area contributed by atoms with Crippen molar-refractivity contribution in [2.45, 2.75) is 19.8 Å². The number of aromatic nitrogens is 3. The van der Waals surface area contributed by atoms with Gasteiger partial charge in [0.1, 0.15) is 44.1 Å². The van der Waals surface area contributed by atoms with Crippen LogP contribution in [0.25, 0.3) is 63.0 Å². The van der Waals surface area contributed by atoms with Crippen LogP contribution in [0, 0.1) is 47.3 Å². The monoisotopic (exact) mass is 864 g/mol. The van der Waals surface area contributed by atoms with Gasteiger partial charge >= 0.3 is 0 Å². The largest absolute Gasteiger partial charge is 0.241 e. The minimum Gasteiger partial charge on any atom is -0.241 e. The summed E-state index contributed by atoms with van der Waals surface area (Å²) in [6.45, 7) is 1.83. The Morgan fingerprint density at radius 3 is 1.69 bits per heavy atom. The van der Waals surface area contributed by atoms with E-state index >= 15 is 8.78 Å². The third-order valence-electron chi connectivity index (χ3n) is 10.1. The molecule has 3 heterocycles. The van der Waals surface area contributed by atoms with Crippen LogP contribution in [0.3, 0.4) is 0 Å². The predicted molar refractivity (Wildman–Crippen MR) is 234 cm³/mol. The van der Waals surface area contributed by atoms with Crippen LogP contribution in [0.5, 0.6) is 0 Å². The van der Waals surface area contributed by atoms with Crippen LogP contribution >= 0.6 is 34.0 Å². The van der Waals surface area contributed by atoms with E-state index in [1.54, 1.807) is 72.8 Å². The lowest BCUT2D eigenvalue weighted by atomic mass is 9.96. The lowest BCUT2D eigenvalue weighted by molar-refractivity contribution is 0.625. The number of nitriles is 1. The fourth-order valence-electron chi connectivity index (χ4n) is 7.19. The van der Waals surface area contributed by atoms with Gasteiger partial charge in [-0.1, -0.05) is 60.7 Å². The summed E-state index contributed by atoms with van der Waals surface area (Å²) in [6.07, 6.45) is 0.291. The van der Waals surface area contributed by atoms with Crippen molar-refractivity contribution in [3.05, 3.63) is 196 Å². The summed E-state index contributed by atoms with van der Waals surface area (Å²) < 4.78 is 74.3. The predicted octanol–water partition coefficient (Wildman–Crippen LogP) is 14.1. The number of nitrogens with zero attached hydrogens (tertiary/aromatic N) is 4. The fourth-order valence-corrected chi connectivity index (χ4v) is 10.6. The first-order valence-electron chi connectivity index (χ1n) is 18.9. The molecule has 61 heavy (non-hydrogen) atoms. The molecule has 0 N–H and O–H groups in total. The summed E-state index contributed by atoms with van der Waals surface area (Å²) in [4.78, 5) is 16.9. The first-order valence-corrected chi connectivity index (χ1v) is 21.4. The summed E-state index contributed by atoms with van der Waals surface area (Å²) >= 11 is 4.00. The second-order valence-electron chi connectivity index (χ2n) is 14.2. The van der Waals surface area contributed by atoms with Gasteiger partial charge in [-0.15, -0.1) is 34.0 Å². The molecule has 0 aliphatic heterocycles. The highest BCUT2D eigenvalue weighted by Gasteiger charge is 2.24. The molecule has 0 bridgehead atoms. The standard InChI is InChI=1S/C49H29F5N4S3/c1-27-44(59-49(56-27)40-10-2-3-11-41(40)54)38-18-16-36(52)22-32(38)25-43-46(61-48(58-43)31-8-5-9-35(51)21-31)39-19-17-37(53)23-33(39)24-42-45(29-12-14-34(50)15-13-29)60-47(57-42)30-7-4-6-28(20-30)26-55/h2-23H,24-25H2,1H3. The zero-order chi connectivity index (χ0) is 42.2. The van der Waals surface area contributed by atoms with E-state index < -0.39 is 29.1 Å². The third-order valence-corrected chi connectivity index (χ3v) is 13.7. The minimum absolute atomic E-state index is 0.133. The molecule has 6 aromatic carbocycles. The maximum atomic E-state index is 15.4. The van der Waals surface area contributed by atoms with Gasteiger partial charge in [-0.3, -0.25) is 0 Å². The molecular formula is C49H29F5N4S3. The molecule has 4 nitrogen and oxygen atoms in total.